The zero-order valence-electron chi connectivity index (χ0n) is 9.68. The largest absolute Gasteiger partial charge is 0.360 e. The summed E-state index contributed by atoms with van der Waals surface area (Å²) in [6, 6.07) is 5.89. The lowest BCUT2D eigenvalue weighted by Gasteiger charge is -2.29. The minimum absolute atomic E-state index is 0.0123. The van der Waals surface area contributed by atoms with Gasteiger partial charge in [-0.15, -0.1) is 11.3 Å². The number of aryl methyl sites for hydroxylation is 1. The van der Waals surface area contributed by atoms with Gasteiger partial charge in [-0.1, -0.05) is 6.92 Å². The van der Waals surface area contributed by atoms with Gasteiger partial charge < -0.3 is 9.64 Å². The number of ether oxygens (including phenoxy) is 1. The van der Waals surface area contributed by atoms with Crippen molar-refractivity contribution >= 4 is 17.2 Å². The van der Waals surface area contributed by atoms with Crippen LogP contribution in [0.4, 0.5) is 0 Å². The molecule has 0 aromatic carbocycles. The highest BCUT2D eigenvalue weighted by Gasteiger charge is 2.25. The van der Waals surface area contributed by atoms with Crippen LogP contribution in [-0.4, -0.2) is 36.6 Å². The van der Waals surface area contributed by atoms with E-state index in [0.29, 0.717) is 19.7 Å². The molecule has 1 aromatic rings. The number of carbonyl (C=O) groups excluding carboxylic acids is 1. The van der Waals surface area contributed by atoms with Crippen LogP contribution in [0.1, 0.15) is 21.5 Å². The van der Waals surface area contributed by atoms with E-state index in [4.69, 9.17) is 10.00 Å². The van der Waals surface area contributed by atoms with Gasteiger partial charge in [-0.25, -0.2) is 0 Å². The second-order valence-electron chi connectivity index (χ2n) is 3.86. The van der Waals surface area contributed by atoms with Crippen LogP contribution < -0.4 is 0 Å². The molecule has 0 spiro atoms. The summed E-state index contributed by atoms with van der Waals surface area (Å²) in [5, 5.41) is 8.79. The van der Waals surface area contributed by atoms with Crippen molar-refractivity contribution in [3.63, 3.8) is 0 Å². The third-order valence-electron chi connectivity index (χ3n) is 2.72. The lowest BCUT2D eigenvalue weighted by molar-refractivity contribution is 0.00369. The van der Waals surface area contributed by atoms with E-state index in [-0.39, 0.29) is 5.91 Å². The first kappa shape index (κ1) is 12.1. The predicted octanol–water partition coefficient (Wildman–Crippen LogP) is 1.68. The maximum absolute atomic E-state index is 12.2. The van der Waals surface area contributed by atoms with Crippen LogP contribution in [0.3, 0.4) is 0 Å². The minimum atomic E-state index is -0.488. The smallest absolute Gasteiger partial charge is 0.264 e. The van der Waals surface area contributed by atoms with Crippen LogP contribution in [-0.2, 0) is 11.2 Å². The van der Waals surface area contributed by atoms with Crippen LogP contribution in [0.5, 0.6) is 0 Å². The van der Waals surface area contributed by atoms with Crippen LogP contribution in [0.25, 0.3) is 0 Å². The quantitative estimate of drug-likeness (QED) is 0.802. The van der Waals surface area contributed by atoms with Gasteiger partial charge in [-0.05, 0) is 18.6 Å². The first-order chi connectivity index (χ1) is 8.24. The van der Waals surface area contributed by atoms with Gasteiger partial charge in [0.2, 0.25) is 0 Å². The third kappa shape index (κ3) is 2.65. The molecule has 4 nitrogen and oxygen atoms in total. The molecular weight excluding hydrogens is 236 g/mol. The number of morpholine rings is 1. The molecule has 90 valence electrons. The Balaban J connectivity index is 2.07. The summed E-state index contributed by atoms with van der Waals surface area (Å²) < 4.78 is 5.22. The fraction of sp³-hybridized carbons (Fsp3) is 0.500. The molecule has 2 heterocycles. The molecule has 0 saturated carbocycles. The number of nitrogens with zero attached hydrogens (tertiary/aromatic N) is 2. The molecule has 2 rings (SSSR count). The molecule has 17 heavy (non-hydrogen) atoms. The summed E-state index contributed by atoms with van der Waals surface area (Å²) in [4.78, 5) is 15.8. The first-order valence-electron chi connectivity index (χ1n) is 5.63. The summed E-state index contributed by atoms with van der Waals surface area (Å²) in [6.07, 6.45) is 0.459. The molecule has 1 amide bonds. The summed E-state index contributed by atoms with van der Waals surface area (Å²) in [7, 11) is 0. The van der Waals surface area contributed by atoms with Crippen molar-refractivity contribution in [2.75, 3.05) is 19.7 Å². The van der Waals surface area contributed by atoms with Crippen molar-refractivity contribution in [1.82, 2.24) is 4.90 Å². The molecule has 0 aliphatic carbocycles. The highest BCUT2D eigenvalue weighted by molar-refractivity contribution is 7.14. The van der Waals surface area contributed by atoms with Gasteiger partial charge in [0, 0.05) is 11.4 Å². The van der Waals surface area contributed by atoms with Gasteiger partial charge in [0.25, 0.3) is 5.91 Å². The Kier molecular flexibility index (Phi) is 3.77. The van der Waals surface area contributed by atoms with Gasteiger partial charge in [-0.2, -0.15) is 5.26 Å². The molecule has 0 bridgehead atoms. The van der Waals surface area contributed by atoms with Crippen LogP contribution in [0.2, 0.25) is 0 Å². The Labute approximate surface area is 104 Å². The summed E-state index contributed by atoms with van der Waals surface area (Å²) in [6.45, 7) is 3.45. The van der Waals surface area contributed by atoms with E-state index >= 15 is 0 Å². The van der Waals surface area contributed by atoms with E-state index in [9.17, 15) is 4.79 Å². The molecule has 1 atom stereocenters. The molecule has 1 aromatic heterocycles. The number of hydrogen-bond acceptors (Lipinski definition) is 4. The van der Waals surface area contributed by atoms with Gasteiger partial charge in [0.15, 0.2) is 6.10 Å². The van der Waals surface area contributed by atoms with Crippen LogP contribution >= 0.6 is 11.3 Å². The summed E-state index contributed by atoms with van der Waals surface area (Å²) in [5.41, 5.74) is 0. The average Bonchev–Trinajstić information content (AvgIpc) is 2.86. The van der Waals surface area contributed by atoms with E-state index in [1.807, 2.05) is 18.2 Å². The Morgan fingerprint density at radius 1 is 1.71 bits per heavy atom. The maximum atomic E-state index is 12.2. The first-order valence-corrected chi connectivity index (χ1v) is 6.45. The Hall–Kier alpha value is -1.38. The molecule has 0 N–H and O–H groups in total. The number of thiophene rings is 1. The van der Waals surface area contributed by atoms with Gasteiger partial charge in [0.05, 0.1) is 24.1 Å². The standard InChI is InChI=1S/C12H14N2O2S/c1-2-10-3-4-11(17-10)12(15)14-5-6-16-9(7-13)8-14/h3-4,9H,2,5-6,8H2,1H3. The topological polar surface area (TPSA) is 53.3 Å². The van der Waals surface area contributed by atoms with E-state index < -0.39 is 6.10 Å². The zero-order chi connectivity index (χ0) is 12.3. The summed E-state index contributed by atoms with van der Waals surface area (Å²) in [5.74, 6) is 0.0123. The van der Waals surface area contributed by atoms with Gasteiger partial charge >= 0.3 is 0 Å². The Bertz CT molecular complexity index is 450. The van der Waals surface area contributed by atoms with Gasteiger partial charge in [-0.3, -0.25) is 4.79 Å². The molecule has 1 aliphatic heterocycles. The normalized spacial score (nSPS) is 20.0. The number of hydrogen-bond donors (Lipinski definition) is 0. The van der Waals surface area contributed by atoms with Crippen molar-refractivity contribution in [1.29, 1.82) is 5.26 Å². The molecule has 1 unspecified atom stereocenters. The number of carbonyl (C=O) groups is 1. The zero-order valence-corrected chi connectivity index (χ0v) is 10.5. The third-order valence-corrected chi connectivity index (χ3v) is 3.94. The fourth-order valence-corrected chi connectivity index (χ4v) is 2.67. The van der Waals surface area contributed by atoms with Gasteiger partial charge in [0.1, 0.15) is 0 Å². The number of amides is 1. The van der Waals surface area contributed by atoms with E-state index in [1.54, 1.807) is 4.90 Å². The summed E-state index contributed by atoms with van der Waals surface area (Å²) >= 11 is 1.53. The van der Waals surface area contributed by atoms with Crippen LogP contribution in [0, 0.1) is 11.3 Å². The van der Waals surface area contributed by atoms with Crippen molar-refractivity contribution in [2.45, 2.75) is 19.4 Å². The molecule has 5 heteroatoms. The SMILES string of the molecule is CCc1ccc(C(=O)N2CCOC(C#N)C2)s1. The molecule has 0 radical (unpaired) electrons. The molecular formula is C12H14N2O2S. The van der Waals surface area contributed by atoms with Crippen LogP contribution in [0.15, 0.2) is 12.1 Å². The molecule has 1 aliphatic rings. The number of rotatable bonds is 2. The fourth-order valence-electron chi connectivity index (χ4n) is 1.75. The van der Waals surface area contributed by atoms with E-state index in [2.05, 4.69) is 6.92 Å². The second-order valence-corrected chi connectivity index (χ2v) is 5.03. The highest BCUT2D eigenvalue weighted by atomic mass is 32.1. The van der Waals surface area contributed by atoms with Crippen molar-refractivity contribution in [3.05, 3.63) is 21.9 Å². The average molecular weight is 250 g/mol. The second kappa shape index (κ2) is 5.30. The monoisotopic (exact) mass is 250 g/mol. The molecule has 1 fully saturated rings. The van der Waals surface area contributed by atoms with Crippen molar-refractivity contribution < 1.29 is 9.53 Å². The Morgan fingerprint density at radius 2 is 2.53 bits per heavy atom. The maximum Gasteiger partial charge on any atom is 0.264 e. The van der Waals surface area contributed by atoms with Crippen molar-refractivity contribution in [3.8, 4) is 6.07 Å². The lowest BCUT2D eigenvalue weighted by atomic mass is 10.2. The predicted molar refractivity (Wildman–Crippen MR) is 65.0 cm³/mol. The molecule has 1 saturated heterocycles. The number of nitriles is 1. The Morgan fingerprint density at radius 3 is 3.18 bits per heavy atom. The van der Waals surface area contributed by atoms with Crippen molar-refractivity contribution in [2.24, 2.45) is 0 Å². The minimum Gasteiger partial charge on any atom is -0.360 e. The highest BCUT2D eigenvalue weighted by Crippen LogP contribution is 2.19. The van der Waals surface area contributed by atoms with E-state index in [0.717, 1.165) is 11.3 Å². The lowest BCUT2D eigenvalue weighted by Crippen LogP contribution is -2.44. The van der Waals surface area contributed by atoms with E-state index in [1.165, 1.54) is 16.2 Å².